The number of benzene rings is 1. The number of rotatable bonds is 9. The summed E-state index contributed by atoms with van der Waals surface area (Å²) in [5.41, 5.74) is 2.56. The SMILES string of the molecule is O=C(CO)CCCCCCC(=O)NC1CCc2cc(Br)ccc21. The number of carbonyl (C=O) groups excluding carboxylic acids is 2. The molecule has 1 aliphatic rings. The first-order valence-electron chi connectivity index (χ1n) is 8.30. The molecule has 1 amide bonds. The van der Waals surface area contributed by atoms with Gasteiger partial charge in [-0.1, -0.05) is 34.8 Å². The molecule has 0 saturated carbocycles. The van der Waals surface area contributed by atoms with Crippen molar-refractivity contribution in [2.24, 2.45) is 0 Å². The number of aliphatic hydroxyl groups is 1. The number of carbonyl (C=O) groups is 2. The van der Waals surface area contributed by atoms with Crippen molar-refractivity contribution in [1.82, 2.24) is 5.32 Å². The molecule has 0 saturated heterocycles. The maximum atomic E-state index is 12.1. The predicted molar refractivity (Wildman–Crippen MR) is 93.1 cm³/mol. The van der Waals surface area contributed by atoms with Crippen molar-refractivity contribution in [2.45, 2.75) is 57.4 Å². The average molecular weight is 382 g/mol. The predicted octanol–water partition coefficient (Wildman–Crippen LogP) is 3.45. The van der Waals surface area contributed by atoms with E-state index < -0.39 is 0 Å². The molecule has 2 rings (SSSR count). The Balaban J connectivity index is 1.64. The van der Waals surface area contributed by atoms with E-state index in [-0.39, 0.29) is 24.3 Å². The summed E-state index contributed by atoms with van der Waals surface area (Å²) < 4.78 is 1.09. The van der Waals surface area contributed by atoms with Crippen LogP contribution in [0.5, 0.6) is 0 Å². The first-order chi connectivity index (χ1) is 11.1. The molecule has 0 radical (unpaired) electrons. The van der Waals surface area contributed by atoms with Crippen molar-refractivity contribution in [1.29, 1.82) is 0 Å². The second-order valence-corrected chi connectivity index (χ2v) is 7.03. The number of halogens is 1. The van der Waals surface area contributed by atoms with E-state index in [4.69, 9.17) is 5.11 Å². The van der Waals surface area contributed by atoms with Gasteiger partial charge in [0.05, 0.1) is 6.04 Å². The molecule has 0 heterocycles. The summed E-state index contributed by atoms with van der Waals surface area (Å²) >= 11 is 3.48. The molecule has 0 spiro atoms. The second kappa shape index (κ2) is 9.18. The van der Waals surface area contributed by atoms with Crippen molar-refractivity contribution in [3.05, 3.63) is 33.8 Å². The summed E-state index contributed by atoms with van der Waals surface area (Å²) in [4.78, 5) is 23.0. The number of ketones is 1. The van der Waals surface area contributed by atoms with Gasteiger partial charge in [-0.3, -0.25) is 9.59 Å². The van der Waals surface area contributed by atoms with Gasteiger partial charge < -0.3 is 10.4 Å². The lowest BCUT2D eigenvalue weighted by atomic mass is 10.1. The number of aryl methyl sites for hydroxylation is 1. The number of fused-ring (bicyclic) bond motifs is 1. The Bertz CT molecular complexity index is 559. The third-order valence-electron chi connectivity index (χ3n) is 4.30. The molecule has 0 fully saturated rings. The summed E-state index contributed by atoms with van der Waals surface area (Å²) in [5.74, 6) is 0.00600. The van der Waals surface area contributed by atoms with E-state index in [1.165, 1.54) is 11.1 Å². The van der Waals surface area contributed by atoms with Crippen molar-refractivity contribution >= 4 is 27.6 Å². The van der Waals surface area contributed by atoms with Crippen molar-refractivity contribution < 1.29 is 14.7 Å². The van der Waals surface area contributed by atoms with E-state index in [1.54, 1.807) is 0 Å². The fourth-order valence-corrected chi connectivity index (χ4v) is 3.45. The Morgan fingerprint density at radius 1 is 1.17 bits per heavy atom. The fraction of sp³-hybridized carbons (Fsp3) is 0.556. The quantitative estimate of drug-likeness (QED) is 0.643. The first-order valence-corrected chi connectivity index (χ1v) is 9.09. The van der Waals surface area contributed by atoms with Gasteiger partial charge in [-0.25, -0.2) is 0 Å². The zero-order valence-corrected chi connectivity index (χ0v) is 14.9. The van der Waals surface area contributed by atoms with Gasteiger partial charge in [-0.15, -0.1) is 0 Å². The molecule has 1 aliphatic carbocycles. The van der Waals surface area contributed by atoms with Gasteiger partial charge in [0.1, 0.15) is 6.61 Å². The van der Waals surface area contributed by atoms with Crippen LogP contribution >= 0.6 is 15.9 Å². The standard InChI is InChI=1S/C18H24BrNO3/c19-14-8-9-16-13(11-14)7-10-17(16)20-18(23)6-4-2-1-3-5-15(22)12-21/h8-9,11,17,21H,1-7,10,12H2,(H,20,23). The number of hydrogen-bond acceptors (Lipinski definition) is 3. The summed E-state index contributed by atoms with van der Waals surface area (Å²) in [7, 11) is 0. The zero-order chi connectivity index (χ0) is 16.7. The van der Waals surface area contributed by atoms with Gasteiger partial charge in [0.2, 0.25) is 5.91 Å². The molecule has 126 valence electrons. The lowest BCUT2D eigenvalue weighted by molar-refractivity contribution is -0.122. The molecule has 1 aromatic rings. The Morgan fingerprint density at radius 2 is 1.91 bits per heavy atom. The molecule has 5 heteroatoms. The number of nitrogens with one attached hydrogen (secondary N) is 1. The topological polar surface area (TPSA) is 66.4 Å². The van der Waals surface area contributed by atoms with Crippen LogP contribution in [0.3, 0.4) is 0 Å². The lowest BCUT2D eigenvalue weighted by Gasteiger charge is -2.14. The number of hydrogen-bond donors (Lipinski definition) is 2. The first kappa shape index (κ1) is 18.1. The van der Waals surface area contributed by atoms with E-state index in [0.29, 0.717) is 12.8 Å². The van der Waals surface area contributed by atoms with Crippen LogP contribution in [0.15, 0.2) is 22.7 Å². The molecule has 0 bridgehead atoms. The maximum Gasteiger partial charge on any atom is 0.220 e. The van der Waals surface area contributed by atoms with Crippen LogP contribution in [0.1, 0.15) is 62.1 Å². The number of unbranched alkanes of at least 4 members (excludes halogenated alkanes) is 3. The highest BCUT2D eigenvalue weighted by molar-refractivity contribution is 9.10. The van der Waals surface area contributed by atoms with Crippen LogP contribution < -0.4 is 5.32 Å². The molecular formula is C18H24BrNO3. The highest BCUT2D eigenvalue weighted by atomic mass is 79.9. The van der Waals surface area contributed by atoms with Gasteiger partial charge >= 0.3 is 0 Å². The summed E-state index contributed by atoms with van der Waals surface area (Å²) in [6.07, 6.45) is 6.48. The van der Waals surface area contributed by atoms with Crippen LogP contribution in [0.4, 0.5) is 0 Å². The van der Waals surface area contributed by atoms with Crippen LogP contribution in [-0.2, 0) is 16.0 Å². The van der Waals surface area contributed by atoms with Gasteiger partial charge in [0.25, 0.3) is 0 Å². The third kappa shape index (κ3) is 5.74. The lowest BCUT2D eigenvalue weighted by Crippen LogP contribution is -2.26. The average Bonchev–Trinajstić information content (AvgIpc) is 2.92. The minimum atomic E-state index is -0.359. The highest BCUT2D eigenvalue weighted by Crippen LogP contribution is 2.32. The van der Waals surface area contributed by atoms with Crippen molar-refractivity contribution in [3.63, 3.8) is 0 Å². The third-order valence-corrected chi connectivity index (χ3v) is 4.80. The maximum absolute atomic E-state index is 12.1. The Morgan fingerprint density at radius 3 is 2.65 bits per heavy atom. The molecule has 1 unspecified atom stereocenters. The van der Waals surface area contributed by atoms with E-state index >= 15 is 0 Å². The Hall–Kier alpha value is -1.20. The van der Waals surface area contributed by atoms with E-state index in [1.807, 2.05) is 6.07 Å². The van der Waals surface area contributed by atoms with Crippen LogP contribution in [0, 0.1) is 0 Å². The van der Waals surface area contributed by atoms with E-state index in [2.05, 4.69) is 33.4 Å². The molecule has 0 aliphatic heterocycles. The molecule has 0 aromatic heterocycles. The van der Waals surface area contributed by atoms with Crippen molar-refractivity contribution in [3.8, 4) is 0 Å². The van der Waals surface area contributed by atoms with Crippen LogP contribution in [0.2, 0.25) is 0 Å². The Labute approximate surface area is 145 Å². The van der Waals surface area contributed by atoms with Gasteiger partial charge in [0.15, 0.2) is 5.78 Å². The largest absolute Gasteiger partial charge is 0.389 e. The van der Waals surface area contributed by atoms with Gasteiger partial charge in [0, 0.05) is 17.3 Å². The monoisotopic (exact) mass is 381 g/mol. The summed E-state index contributed by atoms with van der Waals surface area (Å²) in [6, 6.07) is 6.40. The van der Waals surface area contributed by atoms with E-state index in [0.717, 1.165) is 43.0 Å². The molecule has 4 nitrogen and oxygen atoms in total. The van der Waals surface area contributed by atoms with Crippen LogP contribution in [-0.4, -0.2) is 23.4 Å². The normalized spacial score (nSPS) is 16.2. The minimum absolute atomic E-state index is 0.103. The number of Topliss-reactive ketones (excluding diaryl/α,β-unsaturated/α-hetero) is 1. The molecule has 1 atom stereocenters. The highest BCUT2D eigenvalue weighted by Gasteiger charge is 2.23. The second-order valence-electron chi connectivity index (χ2n) is 6.11. The van der Waals surface area contributed by atoms with Gasteiger partial charge in [-0.2, -0.15) is 0 Å². The van der Waals surface area contributed by atoms with Gasteiger partial charge in [-0.05, 0) is 48.9 Å². The van der Waals surface area contributed by atoms with E-state index in [9.17, 15) is 9.59 Å². The van der Waals surface area contributed by atoms with Crippen molar-refractivity contribution in [2.75, 3.05) is 6.61 Å². The number of amides is 1. The van der Waals surface area contributed by atoms with Crippen LogP contribution in [0.25, 0.3) is 0 Å². The fourth-order valence-electron chi connectivity index (χ4n) is 3.04. The molecule has 1 aromatic carbocycles. The summed E-state index contributed by atoms with van der Waals surface area (Å²) in [6.45, 7) is -0.359. The molecule has 23 heavy (non-hydrogen) atoms. The molecule has 2 N–H and O–H groups in total. The minimum Gasteiger partial charge on any atom is -0.389 e. The zero-order valence-electron chi connectivity index (χ0n) is 13.3. The summed E-state index contributed by atoms with van der Waals surface area (Å²) in [5, 5.41) is 11.8. The number of aliphatic hydroxyl groups excluding tert-OH is 1. The molecular weight excluding hydrogens is 358 g/mol. The Kier molecular flexibility index (Phi) is 7.24. The smallest absolute Gasteiger partial charge is 0.220 e.